The van der Waals surface area contributed by atoms with Gasteiger partial charge in [-0.2, -0.15) is 9.78 Å². The van der Waals surface area contributed by atoms with Gasteiger partial charge in [0, 0.05) is 18.7 Å². The number of ether oxygens (including phenoxy) is 2. The zero-order chi connectivity index (χ0) is 14.5. The summed E-state index contributed by atoms with van der Waals surface area (Å²) in [6, 6.07) is 8.62. The molecule has 0 spiro atoms. The Morgan fingerprint density at radius 2 is 2.15 bits per heavy atom. The fraction of sp³-hybridized carbons (Fsp3) is 0.286. The van der Waals surface area contributed by atoms with E-state index in [4.69, 9.17) is 9.47 Å². The molecule has 0 radical (unpaired) electrons. The lowest BCUT2D eigenvalue weighted by molar-refractivity contribution is 0.0519. The summed E-state index contributed by atoms with van der Waals surface area (Å²) in [5, 5.41) is 14.0. The Morgan fingerprint density at radius 3 is 2.85 bits per heavy atom. The molecule has 0 aliphatic rings. The minimum Gasteiger partial charge on any atom is -0.493 e. The van der Waals surface area contributed by atoms with Gasteiger partial charge in [0.05, 0.1) is 18.9 Å². The van der Waals surface area contributed by atoms with Crippen LogP contribution in [0.4, 0.5) is 0 Å². The number of carbonyl (C=O) groups is 1. The highest BCUT2D eigenvalue weighted by Crippen LogP contribution is 2.22. The Kier molecular flexibility index (Phi) is 4.37. The van der Waals surface area contributed by atoms with E-state index in [1.54, 1.807) is 20.1 Å². The Morgan fingerprint density at radius 1 is 1.40 bits per heavy atom. The lowest BCUT2D eigenvalue weighted by Crippen LogP contribution is -2.07. The topological polar surface area (TPSA) is 73.6 Å². The van der Waals surface area contributed by atoms with Gasteiger partial charge in [-0.15, -0.1) is 0 Å². The molecule has 6 heteroatoms. The molecule has 1 aromatic heterocycles. The van der Waals surface area contributed by atoms with Gasteiger partial charge in [-0.1, -0.05) is 18.2 Å². The molecule has 0 atom stereocenters. The summed E-state index contributed by atoms with van der Waals surface area (Å²) in [6.45, 7) is 2.35. The van der Waals surface area contributed by atoms with E-state index in [2.05, 4.69) is 5.10 Å². The van der Waals surface area contributed by atoms with Gasteiger partial charge in [-0.25, -0.2) is 4.79 Å². The molecule has 0 saturated carbocycles. The van der Waals surface area contributed by atoms with Gasteiger partial charge in [0.15, 0.2) is 5.69 Å². The summed E-state index contributed by atoms with van der Waals surface area (Å²) in [5.74, 6) is -0.692. The normalized spacial score (nSPS) is 10.5. The lowest BCUT2D eigenvalue weighted by atomic mass is 10.2. The molecule has 0 unspecified atom stereocenters. The predicted octanol–water partition coefficient (Wildman–Crippen LogP) is 1.90. The van der Waals surface area contributed by atoms with Crippen molar-refractivity contribution in [1.29, 1.82) is 0 Å². The van der Waals surface area contributed by atoms with Crippen LogP contribution in [0.1, 0.15) is 23.0 Å². The SMILES string of the molecule is CCOC(=O)c1cc(O)n(-c2ccccc2COC)n1. The van der Waals surface area contributed by atoms with Gasteiger partial charge in [0.25, 0.3) is 0 Å². The first kappa shape index (κ1) is 14.1. The highest BCUT2D eigenvalue weighted by molar-refractivity contribution is 5.87. The second-order valence-corrected chi connectivity index (χ2v) is 4.08. The van der Waals surface area contributed by atoms with Crippen LogP contribution in [-0.2, 0) is 16.1 Å². The third-order valence-corrected chi connectivity index (χ3v) is 2.69. The Bertz CT molecular complexity index is 607. The zero-order valence-corrected chi connectivity index (χ0v) is 11.4. The Hall–Kier alpha value is -2.34. The second-order valence-electron chi connectivity index (χ2n) is 4.08. The quantitative estimate of drug-likeness (QED) is 0.844. The summed E-state index contributed by atoms with van der Waals surface area (Å²) in [5.41, 5.74) is 1.57. The molecule has 2 aromatic rings. The van der Waals surface area contributed by atoms with Crippen LogP contribution in [0, 0.1) is 0 Å². The summed E-state index contributed by atoms with van der Waals surface area (Å²) in [7, 11) is 1.59. The third kappa shape index (κ3) is 2.80. The number of aromatic nitrogens is 2. The van der Waals surface area contributed by atoms with E-state index in [0.29, 0.717) is 12.3 Å². The van der Waals surface area contributed by atoms with Crippen molar-refractivity contribution in [1.82, 2.24) is 9.78 Å². The summed E-state index contributed by atoms with van der Waals surface area (Å²) in [4.78, 5) is 11.6. The van der Waals surface area contributed by atoms with Gasteiger partial charge in [-0.3, -0.25) is 0 Å². The van der Waals surface area contributed by atoms with E-state index in [0.717, 1.165) is 5.56 Å². The van der Waals surface area contributed by atoms with Crippen LogP contribution in [0.5, 0.6) is 5.88 Å². The molecule has 0 saturated heterocycles. The van der Waals surface area contributed by atoms with Crippen molar-refractivity contribution in [2.75, 3.05) is 13.7 Å². The maximum absolute atomic E-state index is 11.6. The molecule has 1 N–H and O–H groups in total. The number of esters is 1. The molecule has 0 fully saturated rings. The van der Waals surface area contributed by atoms with Crippen molar-refractivity contribution in [2.24, 2.45) is 0 Å². The fourth-order valence-corrected chi connectivity index (χ4v) is 1.85. The minimum absolute atomic E-state index is 0.0663. The molecule has 106 valence electrons. The van der Waals surface area contributed by atoms with Crippen LogP contribution in [0.15, 0.2) is 30.3 Å². The van der Waals surface area contributed by atoms with E-state index in [1.807, 2.05) is 18.2 Å². The lowest BCUT2D eigenvalue weighted by Gasteiger charge is -2.09. The smallest absolute Gasteiger partial charge is 0.358 e. The highest BCUT2D eigenvalue weighted by atomic mass is 16.5. The van der Waals surface area contributed by atoms with Gasteiger partial charge in [0.2, 0.25) is 5.88 Å². The molecule has 20 heavy (non-hydrogen) atoms. The average molecular weight is 276 g/mol. The van der Waals surface area contributed by atoms with Gasteiger partial charge < -0.3 is 14.6 Å². The van der Waals surface area contributed by atoms with Crippen molar-refractivity contribution in [2.45, 2.75) is 13.5 Å². The van der Waals surface area contributed by atoms with Crippen molar-refractivity contribution in [3.63, 3.8) is 0 Å². The van der Waals surface area contributed by atoms with Crippen molar-refractivity contribution < 1.29 is 19.4 Å². The third-order valence-electron chi connectivity index (χ3n) is 2.69. The maximum Gasteiger partial charge on any atom is 0.358 e. The van der Waals surface area contributed by atoms with Crippen LogP contribution < -0.4 is 0 Å². The number of aromatic hydroxyl groups is 1. The molecule has 6 nitrogen and oxygen atoms in total. The molecular weight excluding hydrogens is 260 g/mol. The molecular formula is C14H16N2O4. The van der Waals surface area contributed by atoms with Crippen LogP contribution >= 0.6 is 0 Å². The van der Waals surface area contributed by atoms with E-state index >= 15 is 0 Å². The van der Waals surface area contributed by atoms with Crippen molar-refractivity contribution in [3.05, 3.63) is 41.6 Å². The Balaban J connectivity index is 2.41. The number of carbonyl (C=O) groups excluding carboxylic acids is 1. The zero-order valence-electron chi connectivity index (χ0n) is 11.4. The van der Waals surface area contributed by atoms with Crippen LogP contribution in [0.3, 0.4) is 0 Å². The first-order valence-electron chi connectivity index (χ1n) is 6.20. The number of para-hydroxylation sites is 1. The molecule has 0 amide bonds. The number of methoxy groups -OCH3 is 1. The molecule has 0 aliphatic carbocycles. The van der Waals surface area contributed by atoms with E-state index < -0.39 is 5.97 Å². The van der Waals surface area contributed by atoms with E-state index in [9.17, 15) is 9.90 Å². The standard InChI is InChI=1S/C14H16N2O4/c1-3-20-14(18)11-8-13(17)16(15-11)12-7-5-4-6-10(12)9-19-2/h4-8,17H,3,9H2,1-2H3. The van der Waals surface area contributed by atoms with E-state index in [1.165, 1.54) is 10.7 Å². The predicted molar refractivity (Wildman–Crippen MR) is 71.9 cm³/mol. The fourth-order valence-electron chi connectivity index (χ4n) is 1.85. The number of hydrogen-bond acceptors (Lipinski definition) is 5. The molecule has 0 aliphatic heterocycles. The number of nitrogens with zero attached hydrogens (tertiary/aromatic N) is 2. The monoisotopic (exact) mass is 276 g/mol. The first-order chi connectivity index (χ1) is 9.67. The first-order valence-corrected chi connectivity index (χ1v) is 6.20. The van der Waals surface area contributed by atoms with E-state index in [-0.39, 0.29) is 18.2 Å². The highest BCUT2D eigenvalue weighted by Gasteiger charge is 2.17. The average Bonchev–Trinajstić information content (AvgIpc) is 2.82. The minimum atomic E-state index is -0.564. The van der Waals surface area contributed by atoms with Gasteiger partial charge in [-0.05, 0) is 13.0 Å². The summed E-state index contributed by atoms with van der Waals surface area (Å²) < 4.78 is 11.3. The van der Waals surface area contributed by atoms with Crippen LogP contribution in [0.25, 0.3) is 5.69 Å². The van der Waals surface area contributed by atoms with Gasteiger partial charge in [0.1, 0.15) is 0 Å². The number of benzene rings is 1. The molecule has 0 bridgehead atoms. The Labute approximate surface area is 116 Å². The molecule has 1 aromatic carbocycles. The van der Waals surface area contributed by atoms with Crippen molar-refractivity contribution >= 4 is 5.97 Å². The number of rotatable bonds is 5. The van der Waals surface area contributed by atoms with Gasteiger partial charge >= 0.3 is 5.97 Å². The summed E-state index contributed by atoms with van der Waals surface area (Å²) in [6.07, 6.45) is 0. The molecule has 1 heterocycles. The second kappa shape index (κ2) is 6.21. The largest absolute Gasteiger partial charge is 0.493 e. The van der Waals surface area contributed by atoms with Crippen molar-refractivity contribution in [3.8, 4) is 11.6 Å². The molecule has 2 rings (SSSR count). The van der Waals surface area contributed by atoms with Crippen LogP contribution in [-0.4, -0.2) is 34.6 Å². The summed E-state index contributed by atoms with van der Waals surface area (Å²) >= 11 is 0. The van der Waals surface area contributed by atoms with Crippen LogP contribution in [0.2, 0.25) is 0 Å². The number of hydrogen-bond donors (Lipinski definition) is 1. The maximum atomic E-state index is 11.6.